The highest BCUT2D eigenvalue weighted by molar-refractivity contribution is 5.94. The molecule has 2 amide bonds. The Morgan fingerprint density at radius 2 is 2.08 bits per heavy atom. The second-order valence-electron chi connectivity index (χ2n) is 6.37. The number of carbonyl (C=O) groups excluding carboxylic acids is 2. The summed E-state index contributed by atoms with van der Waals surface area (Å²) in [7, 11) is 0. The number of hydrogen-bond acceptors (Lipinski definition) is 5. The molecule has 1 aromatic rings. The molecular formula is C17H22N2O5. The number of benzene rings is 1. The van der Waals surface area contributed by atoms with E-state index in [1.807, 2.05) is 18.7 Å². The fraction of sp³-hybridized carbons (Fsp3) is 0.529. The van der Waals surface area contributed by atoms with Crippen molar-refractivity contribution in [3.8, 4) is 5.75 Å². The SMILES string of the molecule is CC1COCC1C(=O)N1CCOc2cc(C(=O)NO)ccc2C1C. The second kappa shape index (κ2) is 6.78. The zero-order valence-electron chi connectivity index (χ0n) is 13.8. The predicted octanol–water partition coefficient (Wildman–Crippen LogP) is 1.37. The van der Waals surface area contributed by atoms with Gasteiger partial charge in [-0.05, 0) is 25.0 Å². The summed E-state index contributed by atoms with van der Waals surface area (Å²) < 4.78 is 11.2. The normalized spacial score (nSPS) is 26.3. The monoisotopic (exact) mass is 334 g/mol. The van der Waals surface area contributed by atoms with Gasteiger partial charge < -0.3 is 14.4 Å². The Kier molecular flexibility index (Phi) is 4.73. The smallest absolute Gasteiger partial charge is 0.274 e. The van der Waals surface area contributed by atoms with E-state index in [-0.39, 0.29) is 23.8 Å². The van der Waals surface area contributed by atoms with Crippen molar-refractivity contribution in [3.05, 3.63) is 29.3 Å². The maximum absolute atomic E-state index is 12.9. The first-order valence-electron chi connectivity index (χ1n) is 8.12. The molecule has 2 heterocycles. The minimum Gasteiger partial charge on any atom is -0.491 e. The van der Waals surface area contributed by atoms with E-state index in [2.05, 4.69) is 0 Å². The van der Waals surface area contributed by atoms with E-state index < -0.39 is 5.91 Å². The first kappa shape index (κ1) is 16.7. The first-order chi connectivity index (χ1) is 11.5. The van der Waals surface area contributed by atoms with Gasteiger partial charge in [0.25, 0.3) is 5.91 Å². The number of hydrogen-bond donors (Lipinski definition) is 2. The number of ether oxygens (including phenoxy) is 2. The molecule has 24 heavy (non-hydrogen) atoms. The summed E-state index contributed by atoms with van der Waals surface area (Å²) in [6.45, 7) is 5.91. The van der Waals surface area contributed by atoms with Crippen LogP contribution in [0.25, 0.3) is 0 Å². The van der Waals surface area contributed by atoms with Crippen molar-refractivity contribution in [1.29, 1.82) is 0 Å². The average molecular weight is 334 g/mol. The van der Waals surface area contributed by atoms with E-state index in [9.17, 15) is 9.59 Å². The van der Waals surface area contributed by atoms with Gasteiger partial charge in [0.2, 0.25) is 5.91 Å². The molecule has 1 fully saturated rings. The molecule has 7 nitrogen and oxygen atoms in total. The van der Waals surface area contributed by atoms with Crippen molar-refractivity contribution in [2.24, 2.45) is 11.8 Å². The minimum absolute atomic E-state index is 0.0844. The fourth-order valence-electron chi connectivity index (χ4n) is 3.32. The number of amides is 2. The zero-order chi connectivity index (χ0) is 17.3. The Bertz CT molecular complexity index is 648. The molecule has 130 valence electrons. The van der Waals surface area contributed by atoms with Crippen LogP contribution in [-0.4, -0.2) is 48.3 Å². The van der Waals surface area contributed by atoms with Crippen LogP contribution in [0.2, 0.25) is 0 Å². The third-order valence-corrected chi connectivity index (χ3v) is 4.85. The lowest BCUT2D eigenvalue weighted by Gasteiger charge is -2.30. The van der Waals surface area contributed by atoms with Gasteiger partial charge in [0.15, 0.2) is 0 Å². The van der Waals surface area contributed by atoms with Gasteiger partial charge in [-0.25, -0.2) is 5.48 Å². The van der Waals surface area contributed by atoms with E-state index in [1.165, 1.54) is 0 Å². The molecular weight excluding hydrogens is 312 g/mol. The van der Waals surface area contributed by atoms with E-state index in [1.54, 1.807) is 23.7 Å². The Morgan fingerprint density at radius 1 is 1.29 bits per heavy atom. The van der Waals surface area contributed by atoms with Crippen LogP contribution in [0.3, 0.4) is 0 Å². The van der Waals surface area contributed by atoms with Crippen LogP contribution in [0, 0.1) is 11.8 Å². The predicted molar refractivity (Wildman–Crippen MR) is 84.8 cm³/mol. The van der Waals surface area contributed by atoms with Gasteiger partial charge in [-0.2, -0.15) is 0 Å². The molecule has 0 bridgehead atoms. The first-order valence-corrected chi connectivity index (χ1v) is 8.12. The van der Waals surface area contributed by atoms with Crippen molar-refractivity contribution in [2.75, 3.05) is 26.4 Å². The Labute approximate surface area is 140 Å². The average Bonchev–Trinajstić information content (AvgIpc) is 2.95. The molecule has 7 heteroatoms. The number of nitrogens with one attached hydrogen (secondary N) is 1. The van der Waals surface area contributed by atoms with Gasteiger partial charge in [-0.3, -0.25) is 14.8 Å². The summed E-state index contributed by atoms with van der Waals surface area (Å²) >= 11 is 0. The number of nitrogens with zero attached hydrogens (tertiary/aromatic N) is 1. The maximum atomic E-state index is 12.9. The van der Waals surface area contributed by atoms with Gasteiger partial charge in [-0.1, -0.05) is 13.0 Å². The van der Waals surface area contributed by atoms with Crippen LogP contribution in [0.1, 0.15) is 35.8 Å². The van der Waals surface area contributed by atoms with E-state index >= 15 is 0 Å². The maximum Gasteiger partial charge on any atom is 0.274 e. The summed E-state index contributed by atoms with van der Waals surface area (Å²) in [5, 5.41) is 8.76. The highest BCUT2D eigenvalue weighted by Crippen LogP contribution is 2.34. The van der Waals surface area contributed by atoms with Crippen LogP contribution in [-0.2, 0) is 9.53 Å². The molecule has 3 rings (SSSR count). The lowest BCUT2D eigenvalue weighted by Crippen LogP contribution is -2.41. The number of rotatable bonds is 2. The van der Waals surface area contributed by atoms with Gasteiger partial charge in [0.05, 0.1) is 25.1 Å². The fourth-order valence-corrected chi connectivity index (χ4v) is 3.32. The Morgan fingerprint density at radius 3 is 2.75 bits per heavy atom. The molecule has 2 N–H and O–H groups in total. The van der Waals surface area contributed by atoms with Crippen molar-refractivity contribution >= 4 is 11.8 Å². The quantitative estimate of drug-likeness (QED) is 0.630. The largest absolute Gasteiger partial charge is 0.491 e. The summed E-state index contributed by atoms with van der Waals surface area (Å²) in [5.74, 6) is 0.149. The van der Waals surface area contributed by atoms with Gasteiger partial charge in [0, 0.05) is 17.7 Å². The standard InChI is InChI=1S/C17H22N2O5/c1-10-8-23-9-14(10)17(21)19-5-6-24-15-7-12(16(20)18-22)3-4-13(15)11(19)2/h3-4,7,10-11,14,22H,5-6,8-9H2,1-2H3,(H,18,20). The number of carbonyl (C=O) groups is 2. The summed E-state index contributed by atoms with van der Waals surface area (Å²) in [6, 6.07) is 4.81. The molecule has 1 aromatic carbocycles. The highest BCUT2D eigenvalue weighted by Gasteiger charge is 2.37. The van der Waals surface area contributed by atoms with Crippen molar-refractivity contribution in [3.63, 3.8) is 0 Å². The lowest BCUT2D eigenvalue weighted by molar-refractivity contribution is -0.138. The van der Waals surface area contributed by atoms with Crippen molar-refractivity contribution < 1.29 is 24.3 Å². The van der Waals surface area contributed by atoms with E-state index in [0.29, 0.717) is 37.7 Å². The third-order valence-electron chi connectivity index (χ3n) is 4.85. The minimum atomic E-state index is -0.594. The molecule has 0 aliphatic carbocycles. The van der Waals surface area contributed by atoms with Gasteiger partial charge in [-0.15, -0.1) is 0 Å². The molecule has 2 aliphatic heterocycles. The van der Waals surface area contributed by atoms with Crippen LogP contribution in [0.15, 0.2) is 18.2 Å². The molecule has 0 aromatic heterocycles. The number of hydroxylamine groups is 1. The third kappa shape index (κ3) is 2.97. The summed E-state index contributed by atoms with van der Waals surface area (Å²) in [4.78, 5) is 26.3. The number of fused-ring (bicyclic) bond motifs is 1. The Hall–Kier alpha value is -2.12. The molecule has 0 spiro atoms. The zero-order valence-corrected chi connectivity index (χ0v) is 13.8. The molecule has 3 atom stereocenters. The lowest BCUT2D eigenvalue weighted by atomic mass is 9.95. The second-order valence-corrected chi connectivity index (χ2v) is 6.37. The topological polar surface area (TPSA) is 88.1 Å². The van der Waals surface area contributed by atoms with Crippen LogP contribution in [0.5, 0.6) is 5.75 Å². The van der Waals surface area contributed by atoms with Gasteiger partial charge >= 0.3 is 0 Å². The molecule has 0 saturated carbocycles. The van der Waals surface area contributed by atoms with Gasteiger partial charge in [0.1, 0.15) is 12.4 Å². The van der Waals surface area contributed by atoms with E-state index in [0.717, 1.165) is 5.56 Å². The molecule has 2 aliphatic rings. The van der Waals surface area contributed by atoms with Crippen molar-refractivity contribution in [1.82, 2.24) is 10.4 Å². The molecule has 3 unspecified atom stereocenters. The Balaban J connectivity index is 1.86. The van der Waals surface area contributed by atoms with Crippen LogP contribution < -0.4 is 10.2 Å². The molecule has 0 radical (unpaired) electrons. The summed E-state index contributed by atoms with van der Waals surface area (Å²) in [5.41, 5.74) is 2.77. The summed E-state index contributed by atoms with van der Waals surface area (Å²) in [6.07, 6.45) is 0. The van der Waals surface area contributed by atoms with Crippen LogP contribution >= 0.6 is 0 Å². The van der Waals surface area contributed by atoms with E-state index in [4.69, 9.17) is 14.7 Å². The molecule has 1 saturated heterocycles. The highest BCUT2D eigenvalue weighted by atomic mass is 16.5. The van der Waals surface area contributed by atoms with Crippen LogP contribution in [0.4, 0.5) is 0 Å². The van der Waals surface area contributed by atoms with Crippen molar-refractivity contribution in [2.45, 2.75) is 19.9 Å².